The van der Waals surface area contributed by atoms with Crippen molar-refractivity contribution in [1.82, 2.24) is 14.5 Å². The Morgan fingerprint density at radius 3 is 2.43 bits per heavy atom. The van der Waals surface area contributed by atoms with Crippen molar-refractivity contribution in [2.75, 3.05) is 11.1 Å². The van der Waals surface area contributed by atoms with Crippen molar-refractivity contribution < 1.29 is 4.79 Å². The Bertz CT molecular complexity index is 1530. The number of hydrogen-bond donors (Lipinski definition) is 3. The number of benzene rings is 3. The number of hydrogen-bond acceptors (Lipinski definition) is 5. The lowest BCUT2D eigenvalue weighted by Gasteiger charge is -2.14. The number of nitrogens with two attached hydrogens (primary N) is 2. The van der Waals surface area contributed by atoms with Crippen LogP contribution in [0.25, 0.3) is 21.9 Å². The number of amides is 1. The summed E-state index contributed by atoms with van der Waals surface area (Å²) in [7, 11) is 0. The molecule has 0 radical (unpaired) electrons. The fraction of sp³-hybridized carbons (Fsp3) is 0.233. The van der Waals surface area contributed by atoms with Crippen molar-refractivity contribution in [1.29, 1.82) is 0 Å². The molecule has 2 heterocycles. The van der Waals surface area contributed by atoms with Crippen LogP contribution in [0, 0.1) is 0 Å². The molecule has 0 saturated heterocycles. The molecule has 3 aromatic carbocycles. The van der Waals surface area contributed by atoms with Crippen molar-refractivity contribution >= 4 is 39.3 Å². The molecule has 0 bridgehead atoms. The van der Waals surface area contributed by atoms with Crippen LogP contribution in [-0.2, 0) is 24.2 Å². The van der Waals surface area contributed by atoms with Gasteiger partial charge in [0.1, 0.15) is 11.3 Å². The van der Waals surface area contributed by atoms with E-state index in [2.05, 4.69) is 27.9 Å². The number of para-hydroxylation sites is 1. The van der Waals surface area contributed by atoms with Gasteiger partial charge in [-0.1, -0.05) is 74.0 Å². The minimum absolute atomic E-state index is 0.200. The smallest absolute Gasteiger partial charge is 0.241 e. The summed E-state index contributed by atoms with van der Waals surface area (Å²) in [4.78, 5) is 22.1. The SMILES string of the molecule is CCCCc1nc2c(N)nc3ccccc3c2n1Cc1ccc(NC(=O)[C@H](N)Cc2ccccc2)cc1. The summed E-state index contributed by atoms with van der Waals surface area (Å²) in [5.74, 6) is 1.26. The molecule has 2 aromatic heterocycles. The zero-order valence-electron chi connectivity index (χ0n) is 21.0. The highest BCUT2D eigenvalue weighted by Gasteiger charge is 2.18. The van der Waals surface area contributed by atoms with Crippen LogP contribution in [0.1, 0.15) is 36.7 Å². The van der Waals surface area contributed by atoms with Gasteiger partial charge in [-0.05, 0) is 42.2 Å². The van der Waals surface area contributed by atoms with E-state index < -0.39 is 6.04 Å². The fourth-order valence-electron chi connectivity index (χ4n) is 4.67. The Kier molecular flexibility index (Phi) is 7.14. The summed E-state index contributed by atoms with van der Waals surface area (Å²) in [6.07, 6.45) is 3.48. The number of pyridine rings is 1. The van der Waals surface area contributed by atoms with Gasteiger partial charge in [-0.15, -0.1) is 0 Å². The fourth-order valence-corrected chi connectivity index (χ4v) is 4.67. The molecule has 5 N–H and O–H groups in total. The molecular formula is C30H32N6O. The highest BCUT2D eigenvalue weighted by molar-refractivity contribution is 6.06. The van der Waals surface area contributed by atoms with Crippen LogP contribution in [0.2, 0.25) is 0 Å². The summed E-state index contributed by atoms with van der Waals surface area (Å²) < 4.78 is 2.26. The molecule has 5 rings (SSSR count). The van der Waals surface area contributed by atoms with Crippen LogP contribution in [-0.4, -0.2) is 26.5 Å². The van der Waals surface area contributed by atoms with E-state index in [0.717, 1.165) is 63.8 Å². The number of fused-ring (bicyclic) bond motifs is 3. The maximum Gasteiger partial charge on any atom is 0.241 e. The lowest BCUT2D eigenvalue weighted by molar-refractivity contribution is -0.117. The lowest BCUT2D eigenvalue weighted by atomic mass is 10.1. The predicted molar refractivity (Wildman–Crippen MR) is 150 cm³/mol. The Hall–Kier alpha value is -4.23. The molecule has 0 aliphatic heterocycles. The van der Waals surface area contributed by atoms with E-state index in [4.69, 9.17) is 16.5 Å². The first-order chi connectivity index (χ1) is 18.0. The van der Waals surface area contributed by atoms with E-state index in [1.165, 1.54) is 0 Å². The monoisotopic (exact) mass is 492 g/mol. The molecule has 0 aliphatic carbocycles. The van der Waals surface area contributed by atoms with Crippen LogP contribution in [0.5, 0.6) is 0 Å². The molecule has 7 heteroatoms. The average molecular weight is 493 g/mol. The number of aromatic nitrogens is 3. The minimum atomic E-state index is -0.618. The van der Waals surface area contributed by atoms with Crippen molar-refractivity contribution in [3.63, 3.8) is 0 Å². The van der Waals surface area contributed by atoms with Crippen LogP contribution < -0.4 is 16.8 Å². The molecule has 0 spiro atoms. The molecule has 1 atom stereocenters. The number of carbonyl (C=O) groups is 1. The number of nitrogen functional groups attached to an aromatic ring is 1. The Morgan fingerprint density at radius 1 is 0.946 bits per heavy atom. The third kappa shape index (κ3) is 5.32. The van der Waals surface area contributed by atoms with Gasteiger partial charge in [0, 0.05) is 24.0 Å². The highest BCUT2D eigenvalue weighted by atomic mass is 16.2. The van der Waals surface area contributed by atoms with Crippen molar-refractivity contribution in [3.8, 4) is 0 Å². The van der Waals surface area contributed by atoms with Crippen LogP contribution in [0.15, 0.2) is 78.9 Å². The minimum Gasteiger partial charge on any atom is -0.382 e. The first-order valence-electron chi connectivity index (χ1n) is 12.8. The molecule has 1 amide bonds. The zero-order chi connectivity index (χ0) is 25.8. The van der Waals surface area contributed by atoms with Gasteiger partial charge in [0.15, 0.2) is 5.82 Å². The van der Waals surface area contributed by atoms with Crippen molar-refractivity contribution in [3.05, 3.63) is 95.8 Å². The average Bonchev–Trinajstić information content (AvgIpc) is 3.28. The van der Waals surface area contributed by atoms with Crippen LogP contribution in [0.3, 0.4) is 0 Å². The van der Waals surface area contributed by atoms with E-state index >= 15 is 0 Å². The summed E-state index contributed by atoms with van der Waals surface area (Å²) in [6.45, 7) is 2.82. The zero-order valence-corrected chi connectivity index (χ0v) is 21.0. The first kappa shape index (κ1) is 24.5. The second-order valence-corrected chi connectivity index (χ2v) is 9.41. The number of rotatable bonds is 9. The van der Waals surface area contributed by atoms with Gasteiger partial charge < -0.3 is 21.4 Å². The number of aryl methyl sites for hydroxylation is 1. The number of imidazole rings is 1. The Balaban J connectivity index is 1.39. The molecular weight excluding hydrogens is 460 g/mol. The first-order valence-corrected chi connectivity index (χ1v) is 12.8. The van der Waals surface area contributed by atoms with Gasteiger partial charge >= 0.3 is 0 Å². The van der Waals surface area contributed by atoms with Gasteiger partial charge in [0.2, 0.25) is 5.91 Å². The highest BCUT2D eigenvalue weighted by Crippen LogP contribution is 2.30. The molecule has 37 heavy (non-hydrogen) atoms. The number of nitrogens with zero attached hydrogens (tertiary/aromatic N) is 3. The Labute approximate surface area is 216 Å². The second kappa shape index (κ2) is 10.8. The number of carbonyl (C=O) groups excluding carboxylic acids is 1. The molecule has 0 fully saturated rings. The largest absolute Gasteiger partial charge is 0.382 e. The van der Waals surface area contributed by atoms with E-state index in [-0.39, 0.29) is 5.91 Å². The van der Waals surface area contributed by atoms with Crippen LogP contribution in [0.4, 0.5) is 11.5 Å². The quantitative estimate of drug-likeness (QED) is 0.266. The van der Waals surface area contributed by atoms with Crippen LogP contribution >= 0.6 is 0 Å². The molecule has 0 aliphatic rings. The lowest BCUT2D eigenvalue weighted by Crippen LogP contribution is -2.37. The number of nitrogens with one attached hydrogen (secondary N) is 1. The molecule has 0 saturated carbocycles. The molecule has 7 nitrogen and oxygen atoms in total. The third-order valence-electron chi connectivity index (χ3n) is 6.64. The third-order valence-corrected chi connectivity index (χ3v) is 6.64. The summed E-state index contributed by atoms with van der Waals surface area (Å²) in [5.41, 5.74) is 18.0. The van der Waals surface area contributed by atoms with Gasteiger partial charge in [-0.25, -0.2) is 9.97 Å². The molecule has 188 valence electrons. The van der Waals surface area contributed by atoms with Crippen molar-refractivity contribution in [2.24, 2.45) is 5.73 Å². The van der Waals surface area contributed by atoms with Gasteiger partial charge in [0.25, 0.3) is 0 Å². The summed E-state index contributed by atoms with van der Waals surface area (Å²) >= 11 is 0. The topological polar surface area (TPSA) is 112 Å². The van der Waals surface area contributed by atoms with E-state index in [1.807, 2.05) is 72.8 Å². The molecule has 0 unspecified atom stereocenters. The van der Waals surface area contributed by atoms with E-state index in [9.17, 15) is 4.79 Å². The second-order valence-electron chi connectivity index (χ2n) is 9.41. The normalized spacial score (nSPS) is 12.2. The maximum atomic E-state index is 12.6. The van der Waals surface area contributed by atoms with Gasteiger partial charge in [0.05, 0.1) is 17.1 Å². The number of anilines is 2. The van der Waals surface area contributed by atoms with Gasteiger partial charge in [-0.2, -0.15) is 0 Å². The standard InChI is InChI=1S/C30H32N6O/c1-2-3-13-26-35-27-28(23-11-7-8-12-25(23)34-29(27)32)36(26)19-21-14-16-22(17-15-21)33-30(37)24(31)18-20-9-5-4-6-10-20/h4-12,14-17,24H,2-3,13,18-19,31H2,1H3,(H2,32,34)(H,33,37)/t24-/m1/s1. The molecule has 5 aromatic rings. The Morgan fingerprint density at radius 2 is 1.68 bits per heavy atom. The summed E-state index contributed by atoms with van der Waals surface area (Å²) in [6, 6.07) is 25.1. The maximum absolute atomic E-state index is 12.6. The van der Waals surface area contributed by atoms with E-state index in [0.29, 0.717) is 18.8 Å². The van der Waals surface area contributed by atoms with Gasteiger partial charge in [-0.3, -0.25) is 4.79 Å². The predicted octanol–water partition coefficient (Wildman–Crippen LogP) is 5.07. The van der Waals surface area contributed by atoms with E-state index in [1.54, 1.807) is 0 Å². The number of unbranched alkanes of at least 4 members (excludes halogenated alkanes) is 1. The van der Waals surface area contributed by atoms with Crippen molar-refractivity contribution in [2.45, 2.75) is 45.2 Å². The summed E-state index contributed by atoms with van der Waals surface area (Å²) in [5, 5.41) is 3.98.